The standard InChI is InChI=1S/C28H33NO6S/c1-36(34)26-4-2-3-20(16-26)14-24(30)15-21-5-8-23-18-29(12-11-22(23)13-21)28(33)35-25-9-6-19(7-10-25)17-27(31)32/h2-5,8,13,16,19,25H,6-7,9-12,14-15,17-18H2,1H3,(H,31,32). The molecule has 0 saturated heterocycles. The van der Waals surface area contributed by atoms with Gasteiger partial charge in [0.2, 0.25) is 0 Å². The number of Topliss-reactive ketones (excluding diaryl/α,β-unsaturated/α-hetero) is 1. The Labute approximate surface area is 214 Å². The van der Waals surface area contributed by atoms with Crippen molar-refractivity contribution in [1.82, 2.24) is 4.90 Å². The number of ether oxygens (including phenoxy) is 1. The van der Waals surface area contributed by atoms with Crippen LogP contribution in [0.2, 0.25) is 0 Å². The number of hydrogen-bond donors (Lipinski definition) is 1. The maximum Gasteiger partial charge on any atom is 0.410 e. The molecule has 2 aromatic rings. The van der Waals surface area contributed by atoms with Crippen molar-refractivity contribution < 1.29 is 28.4 Å². The van der Waals surface area contributed by atoms with E-state index in [9.17, 15) is 18.6 Å². The zero-order chi connectivity index (χ0) is 25.7. The van der Waals surface area contributed by atoms with Gasteiger partial charge in [0.25, 0.3) is 0 Å². The summed E-state index contributed by atoms with van der Waals surface area (Å²) in [5.74, 6) is -0.490. The number of amides is 1. The molecule has 1 heterocycles. The highest BCUT2D eigenvalue weighted by Crippen LogP contribution is 2.29. The van der Waals surface area contributed by atoms with Crippen molar-refractivity contribution >= 4 is 28.6 Å². The Kier molecular flexibility index (Phi) is 8.56. The third kappa shape index (κ3) is 7.03. The fourth-order valence-corrected chi connectivity index (χ4v) is 5.73. The maximum atomic E-state index is 12.7. The van der Waals surface area contributed by atoms with E-state index in [-0.39, 0.29) is 30.3 Å². The predicted octanol–water partition coefficient (Wildman–Crippen LogP) is 4.31. The lowest BCUT2D eigenvalue weighted by Crippen LogP contribution is -2.39. The maximum absolute atomic E-state index is 12.7. The second kappa shape index (κ2) is 11.8. The normalized spacial score (nSPS) is 20.3. The van der Waals surface area contributed by atoms with Gasteiger partial charge in [-0.25, -0.2) is 4.79 Å². The molecular formula is C28H33NO6S. The van der Waals surface area contributed by atoms with E-state index in [2.05, 4.69) is 6.07 Å². The van der Waals surface area contributed by atoms with Crippen molar-refractivity contribution in [3.8, 4) is 0 Å². The molecule has 2 aromatic carbocycles. The molecule has 36 heavy (non-hydrogen) atoms. The molecule has 0 bridgehead atoms. The van der Waals surface area contributed by atoms with Gasteiger partial charge in [-0.2, -0.15) is 0 Å². The van der Waals surface area contributed by atoms with Crippen LogP contribution in [0.4, 0.5) is 4.79 Å². The van der Waals surface area contributed by atoms with E-state index in [1.807, 2.05) is 30.3 Å². The first kappa shape index (κ1) is 26.1. The fourth-order valence-electron chi connectivity index (χ4n) is 5.14. The Morgan fingerprint density at radius 2 is 1.72 bits per heavy atom. The van der Waals surface area contributed by atoms with Crippen molar-refractivity contribution in [3.05, 3.63) is 64.7 Å². The first-order valence-electron chi connectivity index (χ1n) is 12.5. The van der Waals surface area contributed by atoms with E-state index < -0.39 is 16.8 Å². The Morgan fingerprint density at radius 1 is 1.00 bits per heavy atom. The minimum atomic E-state index is -1.07. The molecule has 0 radical (unpaired) electrons. The molecule has 1 fully saturated rings. The van der Waals surface area contributed by atoms with Crippen LogP contribution < -0.4 is 0 Å². The number of aliphatic carboxylic acids is 1. The summed E-state index contributed by atoms with van der Waals surface area (Å²) >= 11 is 0. The van der Waals surface area contributed by atoms with E-state index in [1.54, 1.807) is 17.2 Å². The van der Waals surface area contributed by atoms with Gasteiger partial charge in [-0.3, -0.25) is 13.8 Å². The quantitative estimate of drug-likeness (QED) is 0.567. The number of carbonyl (C=O) groups is 3. The molecule has 1 unspecified atom stereocenters. The van der Waals surface area contributed by atoms with Crippen LogP contribution in [0.25, 0.3) is 0 Å². The monoisotopic (exact) mass is 511 g/mol. The van der Waals surface area contributed by atoms with Crippen LogP contribution in [0.1, 0.15) is 54.4 Å². The smallest absolute Gasteiger partial charge is 0.410 e. The van der Waals surface area contributed by atoms with Gasteiger partial charge in [-0.05, 0) is 72.4 Å². The second-order valence-electron chi connectivity index (χ2n) is 9.89. The van der Waals surface area contributed by atoms with Gasteiger partial charge in [0.15, 0.2) is 0 Å². The van der Waals surface area contributed by atoms with E-state index in [0.29, 0.717) is 45.2 Å². The van der Waals surface area contributed by atoms with Crippen LogP contribution in [-0.2, 0) is 50.9 Å². The van der Waals surface area contributed by atoms with Crippen LogP contribution in [0.15, 0.2) is 47.4 Å². The Bertz CT molecular complexity index is 1150. The number of benzene rings is 2. The largest absolute Gasteiger partial charge is 0.481 e. The lowest BCUT2D eigenvalue weighted by molar-refractivity contribution is -0.138. The lowest BCUT2D eigenvalue weighted by Gasteiger charge is -2.32. The zero-order valence-corrected chi connectivity index (χ0v) is 21.4. The SMILES string of the molecule is CS(=O)c1cccc(CC(=O)Cc2ccc3c(c2)CCN(C(=O)OC2CCC(CC(=O)O)CC2)C3)c1. The van der Waals surface area contributed by atoms with Gasteiger partial charge in [0.05, 0.1) is 0 Å². The molecule has 0 aromatic heterocycles. The van der Waals surface area contributed by atoms with Crippen LogP contribution in [0, 0.1) is 5.92 Å². The van der Waals surface area contributed by atoms with Crippen LogP contribution in [0.5, 0.6) is 0 Å². The molecule has 0 spiro atoms. The number of hydrogen-bond acceptors (Lipinski definition) is 5. The van der Waals surface area contributed by atoms with Crippen molar-refractivity contribution in [1.29, 1.82) is 0 Å². The Hall–Kier alpha value is -3.00. The summed E-state index contributed by atoms with van der Waals surface area (Å²) in [5.41, 5.74) is 4.05. The molecule has 7 nitrogen and oxygen atoms in total. The summed E-state index contributed by atoms with van der Waals surface area (Å²) in [5, 5.41) is 8.95. The van der Waals surface area contributed by atoms with E-state index >= 15 is 0 Å². The molecule has 8 heteroatoms. The molecule has 1 aliphatic carbocycles. The molecule has 4 rings (SSSR count). The summed E-state index contributed by atoms with van der Waals surface area (Å²) in [6, 6.07) is 13.4. The molecule has 192 valence electrons. The Balaban J connectivity index is 1.28. The minimum absolute atomic E-state index is 0.105. The molecule has 1 amide bonds. The minimum Gasteiger partial charge on any atom is -0.481 e. The van der Waals surface area contributed by atoms with Crippen LogP contribution >= 0.6 is 0 Å². The highest BCUT2D eigenvalue weighted by molar-refractivity contribution is 7.84. The van der Waals surface area contributed by atoms with E-state index in [4.69, 9.17) is 9.84 Å². The number of rotatable bonds is 8. The third-order valence-corrected chi connectivity index (χ3v) is 8.02. The van der Waals surface area contributed by atoms with Crippen molar-refractivity contribution in [3.63, 3.8) is 0 Å². The fraction of sp³-hybridized carbons (Fsp3) is 0.464. The van der Waals surface area contributed by atoms with Crippen LogP contribution in [0.3, 0.4) is 0 Å². The predicted molar refractivity (Wildman–Crippen MR) is 136 cm³/mol. The zero-order valence-electron chi connectivity index (χ0n) is 20.6. The molecule has 1 atom stereocenters. The van der Waals surface area contributed by atoms with E-state index in [0.717, 1.165) is 40.0 Å². The molecule has 1 saturated carbocycles. The number of ketones is 1. The van der Waals surface area contributed by atoms with Crippen molar-refractivity contribution in [2.75, 3.05) is 12.8 Å². The molecular weight excluding hydrogens is 478 g/mol. The molecule has 2 aliphatic rings. The lowest BCUT2D eigenvalue weighted by atomic mass is 9.85. The number of nitrogens with zero attached hydrogens (tertiary/aromatic N) is 1. The second-order valence-corrected chi connectivity index (χ2v) is 11.3. The van der Waals surface area contributed by atoms with Gasteiger partial charge in [0.1, 0.15) is 11.9 Å². The number of carboxylic acid groups (broad SMARTS) is 1. The third-order valence-electron chi connectivity index (χ3n) is 7.10. The van der Waals surface area contributed by atoms with Gasteiger partial charge < -0.3 is 14.7 Å². The number of carbonyl (C=O) groups excluding carboxylic acids is 2. The van der Waals surface area contributed by atoms with Gasteiger partial charge in [-0.1, -0.05) is 30.3 Å². The summed E-state index contributed by atoms with van der Waals surface area (Å²) < 4.78 is 17.4. The average molecular weight is 512 g/mol. The molecule has 1 N–H and O–H groups in total. The summed E-state index contributed by atoms with van der Waals surface area (Å²) in [6.07, 6.45) is 5.70. The first-order valence-corrected chi connectivity index (χ1v) is 14.0. The topological polar surface area (TPSA) is 101 Å². The van der Waals surface area contributed by atoms with Crippen LogP contribution in [-0.4, -0.2) is 51.0 Å². The number of fused-ring (bicyclic) bond motifs is 1. The summed E-state index contributed by atoms with van der Waals surface area (Å²) in [7, 11) is -1.07. The average Bonchev–Trinajstić information content (AvgIpc) is 2.84. The van der Waals surface area contributed by atoms with Crippen molar-refractivity contribution in [2.24, 2.45) is 5.92 Å². The van der Waals surface area contributed by atoms with Gasteiger partial charge in [0, 0.05) is 54.3 Å². The Morgan fingerprint density at radius 3 is 2.42 bits per heavy atom. The highest BCUT2D eigenvalue weighted by atomic mass is 32.2. The summed E-state index contributed by atoms with van der Waals surface area (Å²) in [6.45, 7) is 1.05. The summed E-state index contributed by atoms with van der Waals surface area (Å²) in [4.78, 5) is 38.7. The van der Waals surface area contributed by atoms with Gasteiger partial charge >= 0.3 is 12.1 Å². The van der Waals surface area contributed by atoms with Gasteiger partial charge in [-0.15, -0.1) is 0 Å². The first-order chi connectivity index (χ1) is 17.3. The van der Waals surface area contributed by atoms with E-state index in [1.165, 1.54) is 0 Å². The van der Waals surface area contributed by atoms with Crippen molar-refractivity contribution in [2.45, 2.75) is 68.9 Å². The molecule has 1 aliphatic heterocycles. The highest BCUT2D eigenvalue weighted by Gasteiger charge is 2.28. The number of carboxylic acids is 1.